The quantitative estimate of drug-likeness (QED) is 0.779. The molecule has 1 aliphatic rings. The number of hydrogen-bond donors (Lipinski definition) is 0. The Morgan fingerprint density at radius 2 is 1.77 bits per heavy atom. The molecule has 0 N–H and O–H groups in total. The molecular formula is C19H21FN2O3S. The molecule has 26 heavy (non-hydrogen) atoms. The maximum atomic E-state index is 13.1. The Morgan fingerprint density at radius 1 is 1.12 bits per heavy atom. The van der Waals surface area contributed by atoms with Crippen LogP contribution in [0, 0.1) is 5.82 Å². The van der Waals surface area contributed by atoms with Crippen LogP contribution in [0.5, 0.6) is 0 Å². The fourth-order valence-corrected chi connectivity index (χ4v) is 3.65. The molecule has 1 fully saturated rings. The van der Waals surface area contributed by atoms with E-state index in [2.05, 4.69) is 0 Å². The summed E-state index contributed by atoms with van der Waals surface area (Å²) in [7, 11) is -0.699. The van der Waals surface area contributed by atoms with Gasteiger partial charge in [0.1, 0.15) is 5.82 Å². The van der Waals surface area contributed by atoms with Gasteiger partial charge in [-0.25, -0.2) is 17.1 Å². The van der Waals surface area contributed by atoms with Gasteiger partial charge >= 0.3 is 0 Å². The van der Waals surface area contributed by atoms with Crippen molar-refractivity contribution in [1.29, 1.82) is 0 Å². The van der Waals surface area contributed by atoms with E-state index in [1.165, 1.54) is 38.4 Å². The van der Waals surface area contributed by atoms with Crippen molar-refractivity contribution in [2.75, 3.05) is 14.1 Å². The highest BCUT2D eigenvalue weighted by Gasteiger charge is 2.33. The molecule has 2 aromatic carbocycles. The third-order valence-electron chi connectivity index (χ3n) is 4.37. The van der Waals surface area contributed by atoms with E-state index in [1.54, 1.807) is 29.2 Å². The summed E-state index contributed by atoms with van der Waals surface area (Å²) in [4.78, 5) is 14.8. The van der Waals surface area contributed by atoms with Gasteiger partial charge in [-0.2, -0.15) is 0 Å². The van der Waals surface area contributed by atoms with E-state index in [-0.39, 0.29) is 22.7 Å². The summed E-state index contributed by atoms with van der Waals surface area (Å²) < 4.78 is 38.8. The van der Waals surface area contributed by atoms with Crippen molar-refractivity contribution >= 4 is 15.9 Å². The van der Waals surface area contributed by atoms with Crippen molar-refractivity contribution in [3.63, 3.8) is 0 Å². The second kappa shape index (κ2) is 7.17. The van der Waals surface area contributed by atoms with E-state index in [0.717, 1.165) is 22.7 Å². The monoisotopic (exact) mass is 376 g/mol. The van der Waals surface area contributed by atoms with Gasteiger partial charge in [-0.05, 0) is 48.7 Å². The summed E-state index contributed by atoms with van der Waals surface area (Å²) in [6, 6.07) is 12.3. The molecule has 0 heterocycles. The third kappa shape index (κ3) is 3.94. The second-order valence-corrected chi connectivity index (χ2v) is 8.76. The number of carbonyl (C=O) groups is 1. The van der Waals surface area contributed by atoms with Crippen LogP contribution < -0.4 is 0 Å². The SMILES string of the molecule is CN(C)S(=O)(=O)c1cccc(C(=O)N(Cc2ccc(F)cc2)C2CC2)c1. The van der Waals surface area contributed by atoms with E-state index < -0.39 is 10.0 Å². The third-order valence-corrected chi connectivity index (χ3v) is 6.19. The topological polar surface area (TPSA) is 57.7 Å². The van der Waals surface area contributed by atoms with Crippen LogP contribution in [-0.4, -0.2) is 43.7 Å². The van der Waals surface area contributed by atoms with E-state index >= 15 is 0 Å². The van der Waals surface area contributed by atoms with Gasteiger partial charge in [0.2, 0.25) is 10.0 Å². The zero-order valence-electron chi connectivity index (χ0n) is 14.7. The Labute approximate surface area is 153 Å². The summed E-state index contributed by atoms with van der Waals surface area (Å²) in [6.07, 6.45) is 1.84. The summed E-state index contributed by atoms with van der Waals surface area (Å²) in [5, 5.41) is 0. The minimum Gasteiger partial charge on any atom is -0.331 e. The molecule has 0 spiro atoms. The lowest BCUT2D eigenvalue weighted by molar-refractivity contribution is 0.0729. The molecule has 0 saturated heterocycles. The number of amides is 1. The highest BCUT2D eigenvalue weighted by atomic mass is 32.2. The van der Waals surface area contributed by atoms with E-state index in [0.29, 0.717) is 12.1 Å². The molecule has 1 amide bonds. The lowest BCUT2D eigenvalue weighted by atomic mass is 10.1. The molecular weight excluding hydrogens is 355 g/mol. The summed E-state index contributed by atoms with van der Waals surface area (Å²) in [5.41, 5.74) is 1.17. The molecule has 0 radical (unpaired) electrons. The lowest BCUT2D eigenvalue weighted by Crippen LogP contribution is -2.33. The summed E-state index contributed by atoms with van der Waals surface area (Å²) >= 11 is 0. The van der Waals surface area contributed by atoms with Crippen LogP contribution in [0.4, 0.5) is 4.39 Å². The molecule has 7 heteroatoms. The molecule has 0 bridgehead atoms. The van der Waals surface area contributed by atoms with Gasteiger partial charge in [-0.1, -0.05) is 18.2 Å². The zero-order valence-corrected chi connectivity index (χ0v) is 15.5. The predicted octanol–water partition coefficient (Wildman–Crippen LogP) is 2.88. The minimum absolute atomic E-state index is 0.0888. The Morgan fingerprint density at radius 3 is 2.35 bits per heavy atom. The summed E-state index contributed by atoms with van der Waals surface area (Å²) in [6.45, 7) is 0.369. The Balaban J connectivity index is 1.87. The maximum Gasteiger partial charge on any atom is 0.254 e. The fourth-order valence-electron chi connectivity index (χ4n) is 2.71. The van der Waals surface area contributed by atoms with Crippen LogP contribution in [0.15, 0.2) is 53.4 Å². The molecule has 3 rings (SSSR count). The number of nitrogens with zero attached hydrogens (tertiary/aromatic N) is 2. The highest BCUT2D eigenvalue weighted by molar-refractivity contribution is 7.89. The smallest absolute Gasteiger partial charge is 0.254 e. The van der Waals surface area contributed by atoms with Crippen molar-refractivity contribution in [2.45, 2.75) is 30.3 Å². The van der Waals surface area contributed by atoms with Gasteiger partial charge in [0.15, 0.2) is 0 Å². The van der Waals surface area contributed by atoms with E-state index in [1.807, 2.05) is 0 Å². The van der Waals surface area contributed by atoms with Crippen molar-refractivity contribution in [3.8, 4) is 0 Å². The van der Waals surface area contributed by atoms with Crippen molar-refractivity contribution < 1.29 is 17.6 Å². The van der Waals surface area contributed by atoms with Crippen LogP contribution in [-0.2, 0) is 16.6 Å². The lowest BCUT2D eigenvalue weighted by Gasteiger charge is -2.23. The first-order valence-corrected chi connectivity index (χ1v) is 9.81. The van der Waals surface area contributed by atoms with Crippen LogP contribution in [0.1, 0.15) is 28.8 Å². The molecule has 1 saturated carbocycles. The standard InChI is InChI=1S/C19H21FN2O3S/c1-21(2)26(24,25)18-5-3-4-15(12-18)19(23)22(17-10-11-17)13-14-6-8-16(20)9-7-14/h3-9,12,17H,10-11,13H2,1-2H3. The molecule has 0 aromatic heterocycles. The molecule has 1 aliphatic carbocycles. The van der Waals surface area contributed by atoms with Gasteiger partial charge in [0, 0.05) is 32.2 Å². The van der Waals surface area contributed by atoms with Crippen LogP contribution in [0.2, 0.25) is 0 Å². The Bertz CT molecular complexity index is 907. The normalized spacial score (nSPS) is 14.5. The molecule has 5 nitrogen and oxygen atoms in total. The fraction of sp³-hybridized carbons (Fsp3) is 0.316. The first-order valence-electron chi connectivity index (χ1n) is 8.37. The van der Waals surface area contributed by atoms with Gasteiger partial charge < -0.3 is 4.90 Å². The van der Waals surface area contributed by atoms with Crippen LogP contribution >= 0.6 is 0 Å². The molecule has 0 aliphatic heterocycles. The number of halogens is 1. The average molecular weight is 376 g/mol. The van der Waals surface area contributed by atoms with Crippen molar-refractivity contribution in [2.24, 2.45) is 0 Å². The average Bonchev–Trinajstić information content (AvgIpc) is 3.45. The van der Waals surface area contributed by atoms with Crippen LogP contribution in [0.25, 0.3) is 0 Å². The predicted molar refractivity (Wildman–Crippen MR) is 96.6 cm³/mol. The molecule has 2 aromatic rings. The van der Waals surface area contributed by atoms with E-state index in [9.17, 15) is 17.6 Å². The van der Waals surface area contributed by atoms with Crippen molar-refractivity contribution in [3.05, 3.63) is 65.5 Å². The largest absolute Gasteiger partial charge is 0.331 e. The maximum absolute atomic E-state index is 13.1. The molecule has 0 atom stereocenters. The zero-order chi connectivity index (χ0) is 18.9. The first-order chi connectivity index (χ1) is 12.3. The Hall–Kier alpha value is -2.25. The number of rotatable bonds is 6. The van der Waals surface area contributed by atoms with Gasteiger partial charge in [0.05, 0.1) is 4.90 Å². The second-order valence-electron chi connectivity index (χ2n) is 6.61. The number of benzene rings is 2. The van der Waals surface area contributed by atoms with Crippen LogP contribution in [0.3, 0.4) is 0 Å². The number of hydrogen-bond acceptors (Lipinski definition) is 3. The van der Waals surface area contributed by atoms with E-state index in [4.69, 9.17) is 0 Å². The minimum atomic E-state index is -3.61. The summed E-state index contributed by atoms with van der Waals surface area (Å²) in [5.74, 6) is -0.535. The van der Waals surface area contributed by atoms with Crippen molar-refractivity contribution in [1.82, 2.24) is 9.21 Å². The number of sulfonamides is 1. The van der Waals surface area contributed by atoms with Gasteiger partial charge in [-0.3, -0.25) is 4.79 Å². The number of carbonyl (C=O) groups excluding carboxylic acids is 1. The van der Waals surface area contributed by atoms with Gasteiger partial charge in [0.25, 0.3) is 5.91 Å². The Kier molecular flexibility index (Phi) is 5.11. The molecule has 0 unspecified atom stereocenters. The van der Waals surface area contributed by atoms with Gasteiger partial charge in [-0.15, -0.1) is 0 Å². The highest BCUT2D eigenvalue weighted by Crippen LogP contribution is 2.30. The molecule has 138 valence electrons. The first kappa shape index (κ1) is 18.5.